The molecule has 1 aromatic heterocycles. The van der Waals surface area contributed by atoms with Crippen LogP contribution in [0.5, 0.6) is 17.2 Å². The van der Waals surface area contributed by atoms with Gasteiger partial charge in [0.05, 0.1) is 33.1 Å². The summed E-state index contributed by atoms with van der Waals surface area (Å²) in [6.07, 6.45) is 0.852. The van der Waals surface area contributed by atoms with Crippen LogP contribution in [0.15, 0.2) is 42.5 Å². The summed E-state index contributed by atoms with van der Waals surface area (Å²) in [4.78, 5) is 15.1. The number of benzene rings is 2. The average molecular weight is 407 g/mol. The molecule has 30 heavy (non-hydrogen) atoms. The highest BCUT2D eigenvalue weighted by Crippen LogP contribution is 2.44. The van der Waals surface area contributed by atoms with Crippen molar-refractivity contribution in [3.63, 3.8) is 0 Å². The Morgan fingerprint density at radius 2 is 1.73 bits per heavy atom. The summed E-state index contributed by atoms with van der Waals surface area (Å²) in [5.41, 5.74) is 4.05. The van der Waals surface area contributed by atoms with Crippen molar-refractivity contribution in [3.05, 3.63) is 59.3 Å². The number of hydrogen-bond donors (Lipinski definition) is 1. The third-order valence-corrected chi connectivity index (χ3v) is 5.42. The zero-order valence-corrected chi connectivity index (χ0v) is 17.6. The van der Waals surface area contributed by atoms with Crippen LogP contribution in [0.25, 0.3) is 11.3 Å². The monoisotopic (exact) mass is 407 g/mol. The van der Waals surface area contributed by atoms with Crippen LogP contribution in [-0.4, -0.2) is 48.9 Å². The largest absolute Gasteiger partial charge is 0.497 e. The van der Waals surface area contributed by atoms with Crippen molar-refractivity contribution < 1.29 is 19.0 Å². The first kappa shape index (κ1) is 19.8. The van der Waals surface area contributed by atoms with Crippen molar-refractivity contribution in [3.8, 4) is 28.5 Å². The maximum absolute atomic E-state index is 13.2. The SMILES string of the molecule is CCCN1C(=O)c2[nH]nc(-c3ccc(OC)cc3)c2C1c1ccc(OC)c(OC)c1. The minimum Gasteiger partial charge on any atom is -0.497 e. The number of aromatic amines is 1. The number of hydrogen-bond acceptors (Lipinski definition) is 5. The molecule has 7 nitrogen and oxygen atoms in total. The van der Waals surface area contributed by atoms with Crippen LogP contribution >= 0.6 is 0 Å². The second-order valence-corrected chi connectivity index (χ2v) is 7.10. The van der Waals surface area contributed by atoms with Gasteiger partial charge < -0.3 is 19.1 Å². The van der Waals surface area contributed by atoms with Gasteiger partial charge in [-0.25, -0.2) is 0 Å². The van der Waals surface area contributed by atoms with E-state index < -0.39 is 0 Å². The number of rotatable bonds is 7. The molecule has 1 atom stereocenters. The Morgan fingerprint density at radius 1 is 1.00 bits per heavy atom. The molecule has 0 bridgehead atoms. The van der Waals surface area contributed by atoms with Gasteiger partial charge in [-0.2, -0.15) is 5.10 Å². The van der Waals surface area contributed by atoms with Gasteiger partial charge in [0.2, 0.25) is 0 Å². The van der Waals surface area contributed by atoms with E-state index in [4.69, 9.17) is 14.2 Å². The van der Waals surface area contributed by atoms with E-state index in [9.17, 15) is 4.79 Å². The number of carbonyl (C=O) groups excluding carboxylic acids is 1. The van der Waals surface area contributed by atoms with E-state index in [1.807, 2.05) is 47.4 Å². The Morgan fingerprint density at radius 3 is 2.37 bits per heavy atom. The molecule has 0 spiro atoms. The van der Waals surface area contributed by atoms with Gasteiger partial charge in [0.15, 0.2) is 11.5 Å². The number of aromatic nitrogens is 2. The summed E-state index contributed by atoms with van der Waals surface area (Å²) < 4.78 is 16.2. The van der Waals surface area contributed by atoms with E-state index in [0.29, 0.717) is 23.7 Å². The van der Waals surface area contributed by atoms with E-state index in [1.54, 1.807) is 21.3 Å². The van der Waals surface area contributed by atoms with Crippen LogP contribution in [0, 0.1) is 0 Å². The average Bonchev–Trinajstić information content (AvgIpc) is 3.33. The summed E-state index contributed by atoms with van der Waals surface area (Å²) in [7, 11) is 4.85. The summed E-state index contributed by atoms with van der Waals surface area (Å²) in [5.74, 6) is 2.00. The van der Waals surface area contributed by atoms with Gasteiger partial charge in [-0.15, -0.1) is 0 Å². The molecule has 4 rings (SSSR count). The third kappa shape index (κ3) is 3.16. The molecule has 156 valence electrons. The Kier molecular flexibility index (Phi) is 5.35. The van der Waals surface area contributed by atoms with Gasteiger partial charge in [0.25, 0.3) is 5.91 Å². The van der Waals surface area contributed by atoms with E-state index in [0.717, 1.165) is 34.6 Å². The van der Waals surface area contributed by atoms with Crippen LogP contribution < -0.4 is 14.2 Å². The van der Waals surface area contributed by atoms with Crippen LogP contribution in [0.4, 0.5) is 0 Å². The molecule has 0 fully saturated rings. The van der Waals surface area contributed by atoms with Gasteiger partial charge in [0, 0.05) is 17.7 Å². The van der Waals surface area contributed by atoms with Crippen LogP contribution in [0.2, 0.25) is 0 Å². The minimum atomic E-state index is -0.261. The highest BCUT2D eigenvalue weighted by molar-refractivity contribution is 6.00. The lowest BCUT2D eigenvalue weighted by Crippen LogP contribution is -2.30. The summed E-state index contributed by atoms with van der Waals surface area (Å²) >= 11 is 0. The minimum absolute atomic E-state index is 0.0427. The zero-order chi connectivity index (χ0) is 21.3. The molecule has 2 heterocycles. The number of fused-ring (bicyclic) bond motifs is 1. The van der Waals surface area contributed by atoms with Crippen molar-refractivity contribution in [1.82, 2.24) is 15.1 Å². The van der Waals surface area contributed by atoms with E-state index >= 15 is 0 Å². The Balaban J connectivity index is 1.86. The predicted octanol–water partition coefficient (Wildman–Crippen LogP) is 4.06. The van der Waals surface area contributed by atoms with Crippen molar-refractivity contribution in [2.45, 2.75) is 19.4 Å². The second-order valence-electron chi connectivity index (χ2n) is 7.10. The molecule has 0 aliphatic carbocycles. The fourth-order valence-electron chi connectivity index (χ4n) is 4.01. The number of nitrogens with zero attached hydrogens (tertiary/aromatic N) is 2. The van der Waals surface area contributed by atoms with Crippen LogP contribution in [-0.2, 0) is 0 Å². The standard InChI is InChI=1S/C23H25N3O4/c1-5-12-26-22(15-8-11-17(29-3)18(13-15)30-4)19-20(24-25-21(19)23(26)27)14-6-9-16(28-2)10-7-14/h6-11,13,22H,5,12H2,1-4H3,(H,24,25). The third-order valence-electron chi connectivity index (χ3n) is 5.42. The molecule has 0 saturated heterocycles. The molecule has 1 N–H and O–H groups in total. The number of nitrogens with one attached hydrogen (secondary N) is 1. The van der Waals surface area contributed by atoms with Gasteiger partial charge in [-0.05, 0) is 48.4 Å². The fraction of sp³-hybridized carbons (Fsp3) is 0.304. The maximum Gasteiger partial charge on any atom is 0.273 e. The molecule has 7 heteroatoms. The number of methoxy groups -OCH3 is 3. The molecule has 0 radical (unpaired) electrons. The number of ether oxygens (including phenoxy) is 3. The summed E-state index contributed by atoms with van der Waals surface area (Å²) in [5, 5.41) is 7.47. The molecule has 1 aliphatic rings. The molecule has 1 amide bonds. The first-order chi connectivity index (χ1) is 14.6. The Hall–Kier alpha value is -3.48. The second kappa shape index (κ2) is 8.10. The first-order valence-corrected chi connectivity index (χ1v) is 9.88. The lowest BCUT2D eigenvalue weighted by molar-refractivity contribution is 0.0743. The molecule has 0 saturated carbocycles. The van der Waals surface area contributed by atoms with Gasteiger partial charge >= 0.3 is 0 Å². The number of H-pyrrole nitrogens is 1. The van der Waals surface area contributed by atoms with E-state index in [2.05, 4.69) is 17.1 Å². The van der Waals surface area contributed by atoms with Crippen molar-refractivity contribution in [2.75, 3.05) is 27.9 Å². The predicted molar refractivity (Wildman–Crippen MR) is 113 cm³/mol. The lowest BCUT2D eigenvalue weighted by atomic mass is 9.95. The fourth-order valence-corrected chi connectivity index (χ4v) is 4.01. The highest BCUT2D eigenvalue weighted by Gasteiger charge is 2.42. The smallest absolute Gasteiger partial charge is 0.273 e. The van der Waals surface area contributed by atoms with Crippen LogP contribution in [0.1, 0.15) is 41.0 Å². The van der Waals surface area contributed by atoms with Gasteiger partial charge in [-0.1, -0.05) is 13.0 Å². The quantitative estimate of drug-likeness (QED) is 0.639. The van der Waals surface area contributed by atoms with Crippen molar-refractivity contribution >= 4 is 5.91 Å². The molecule has 2 aromatic carbocycles. The molecular weight excluding hydrogens is 382 g/mol. The molecule has 1 aliphatic heterocycles. The zero-order valence-electron chi connectivity index (χ0n) is 17.6. The van der Waals surface area contributed by atoms with Crippen molar-refractivity contribution in [2.24, 2.45) is 0 Å². The molecule has 1 unspecified atom stereocenters. The summed E-state index contributed by atoms with van der Waals surface area (Å²) in [6, 6.07) is 13.2. The lowest BCUT2D eigenvalue weighted by Gasteiger charge is -2.26. The molecular formula is C23H25N3O4. The normalized spacial score (nSPS) is 15.3. The van der Waals surface area contributed by atoms with E-state index in [1.165, 1.54) is 0 Å². The van der Waals surface area contributed by atoms with E-state index in [-0.39, 0.29) is 11.9 Å². The highest BCUT2D eigenvalue weighted by atomic mass is 16.5. The Bertz CT molecular complexity index is 1060. The van der Waals surface area contributed by atoms with Gasteiger partial charge in [-0.3, -0.25) is 9.89 Å². The first-order valence-electron chi connectivity index (χ1n) is 9.88. The number of amides is 1. The van der Waals surface area contributed by atoms with Crippen molar-refractivity contribution in [1.29, 1.82) is 0 Å². The Labute approximate surface area is 175 Å². The maximum atomic E-state index is 13.2. The number of carbonyl (C=O) groups is 1. The molecule has 3 aromatic rings. The van der Waals surface area contributed by atoms with Crippen LogP contribution in [0.3, 0.4) is 0 Å². The summed E-state index contributed by atoms with van der Waals surface area (Å²) in [6.45, 7) is 2.71. The van der Waals surface area contributed by atoms with Gasteiger partial charge in [0.1, 0.15) is 11.4 Å². The topological polar surface area (TPSA) is 76.7 Å².